The molecule has 13 heteroatoms. The molecular formula is C36H34FN5O7. The predicted molar refractivity (Wildman–Crippen MR) is 178 cm³/mol. The molecule has 3 N–H and O–H groups in total. The van der Waals surface area contributed by atoms with E-state index in [-0.39, 0.29) is 41.9 Å². The fourth-order valence-electron chi connectivity index (χ4n) is 4.79. The number of benzene rings is 3. The first-order chi connectivity index (χ1) is 23.4. The quantitative estimate of drug-likeness (QED) is 0.136. The number of carboxylic acids is 1. The number of carbonyl (C=O) groups excluding carboxylic acids is 2. The number of pyridine rings is 1. The van der Waals surface area contributed by atoms with Gasteiger partial charge in [0.25, 0.3) is 5.89 Å². The highest BCUT2D eigenvalue weighted by atomic mass is 19.1. The maximum atomic E-state index is 15.2. The van der Waals surface area contributed by atoms with E-state index in [1.54, 1.807) is 70.5 Å². The van der Waals surface area contributed by atoms with Crippen molar-refractivity contribution in [3.63, 3.8) is 0 Å². The Morgan fingerprint density at radius 2 is 1.59 bits per heavy atom. The Morgan fingerprint density at radius 3 is 2.20 bits per heavy atom. The van der Waals surface area contributed by atoms with E-state index in [4.69, 9.17) is 14.0 Å². The van der Waals surface area contributed by atoms with Crippen LogP contribution in [-0.2, 0) is 27.2 Å². The zero-order chi connectivity index (χ0) is 35.1. The minimum atomic E-state index is -1.36. The van der Waals surface area contributed by atoms with Gasteiger partial charge in [-0.3, -0.25) is 10.1 Å². The number of hydrogen-bond acceptors (Lipinski definition) is 9. The van der Waals surface area contributed by atoms with E-state index in [2.05, 4.69) is 25.8 Å². The third-order valence-corrected chi connectivity index (χ3v) is 7.14. The number of aliphatic carboxylic acids is 1. The number of carboxylic acid groups (broad SMARTS) is 1. The van der Waals surface area contributed by atoms with E-state index >= 15 is 4.39 Å². The van der Waals surface area contributed by atoms with Gasteiger partial charge in [0.15, 0.2) is 0 Å². The zero-order valence-electron chi connectivity index (χ0n) is 27.2. The predicted octanol–water partition coefficient (Wildman–Crippen LogP) is 6.31. The normalized spacial score (nSPS) is 11.8. The van der Waals surface area contributed by atoms with E-state index in [1.165, 1.54) is 12.1 Å². The summed E-state index contributed by atoms with van der Waals surface area (Å²) >= 11 is 0. The Balaban J connectivity index is 1.18. The fraction of sp³-hybridized carbons (Fsp3) is 0.222. The van der Waals surface area contributed by atoms with Crippen LogP contribution in [0.15, 0.2) is 89.6 Å². The van der Waals surface area contributed by atoms with Crippen LogP contribution in [0.3, 0.4) is 0 Å². The largest absolute Gasteiger partial charge is 0.497 e. The van der Waals surface area contributed by atoms with Gasteiger partial charge in [0, 0.05) is 23.7 Å². The van der Waals surface area contributed by atoms with Crippen molar-refractivity contribution in [3.05, 3.63) is 102 Å². The Bertz CT molecular complexity index is 1940. The van der Waals surface area contributed by atoms with E-state index < -0.39 is 29.5 Å². The monoisotopic (exact) mass is 667 g/mol. The summed E-state index contributed by atoms with van der Waals surface area (Å²) in [5, 5.41) is 18.6. The van der Waals surface area contributed by atoms with Crippen molar-refractivity contribution >= 4 is 23.8 Å². The lowest BCUT2D eigenvalue weighted by Gasteiger charge is -2.19. The SMILES string of the molecule is COc1ccc(-c2ccc(NC(=O)NC(Cc3ccc(-c4noc(-c5ccc(CC(=O)OC(C)(C)C)cc5)n4)c(F)c3)C(=O)O)nc2)cc1. The average molecular weight is 668 g/mol. The molecule has 3 aromatic carbocycles. The van der Waals surface area contributed by atoms with Crippen molar-refractivity contribution in [2.45, 2.75) is 45.3 Å². The van der Waals surface area contributed by atoms with Crippen LogP contribution >= 0.6 is 0 Å². The molecule has 0 aliphatic carbocycles. The van der Waals surface area contributed by atoms with Gasteiger partial charge >= 0.3 is 18.0 Å². The second-order valence-electron chi connectivity index (χ2n) is 12.1. The number of nitrogens with zero attached hydrogens (tertiary/aromatic N) is 3. The van der Waals surface area contributed by atoms with Crippen LogP contribution in [-0.4, -0.2) is 57.0 Å². The molecule has 2 heterocycles. The first kappa shape index (κ1) is 34.2. The number of esters is 1. The van der Waals surface area contributed by atoms with Gasteiger partial charge in [-0.2, -0.15) is 4.98 Å². The van der Waals surface area contributed by atoms with Gasteiger partial charge in [-0.25, -0.2) is 19.0 Å². The van der Waals surface area contributed by atoms with Crippen LogP contribution in [0.1, 0.15) is 31.9 Å². The summed E-state index contributed by atoms with van der Waals surface area (Å²) in [5.74, 6) is -1.28. The standard InChI is InChI=1S/C36H34FN5O7/c1-36(2,3)48-31(43)19-21-5-8-24(9-6-21)33-41-32(42-49-33)27-15-7-22(17-28(27)37)18-29(34(44)45)39-35(46)40-30-16-12-25(20-38-30)23-10-13-26(47-4)14-11-23/h5-17,20,29H,18-19H2,1-4H3,(H,44,45)(H2,38,39,40,46). The summed E-state index contributed by atoms with van der Waals surface area (Å²) in [4.78, 5) is 45.2. The number of aromatic nitrogens is 3. The fourth-order valence-corrected chi connectivity index (χ4v) is 4.79. The van der Waals surface area contributed by atoms with Gasteiger partial charge in [0.2, 0.25) is 5.82 Å². The summed E-state index contributed by atoms with van der Waals surface area (Å²) < 4.78 is 31.1. The van der Waals surface area contributed by atoms with E-state index in [0.717, 1.165) is 28.5 Å². The molecule has 0 bridgehead atoms. The van der Waals surface area contributed by atoms with E-state index in [9.17, 15) is 19.5 Å². The highest BCUT2D eigenvalue weighted by Crippen LogP contribution is 2.26. The lowest BCUT2D eigenvalue weighted by molar-refractivity contribution is -0.154. The molecule has 0 aliphatic rings. The molecule has 0 saturated heterocycles. The Hall–Kier alpha value is -6.11. The van der Waals surface area contributed by atoms with Crippen molar-refractivity contribution in [2.75, 3.05) is 12.4 Å². The molecule has 252 valence electrons. The summed E-state index contributed by atoms with van der Waals surface area (Å²) in [6, 6.07) is 19.6. The molecule has 0 fully saturated rings. The maximum absolute atomic E-state index is 15.2. The first-order valence-corrected chi connectivity index (χ1v) is 15.2. The molecule has 2 amide bonds. The smallest absolute Gasteiger partial charge is 0.326 e. The number of anilines is 1. The first-order valence-electron chi connectivity index (χ1n) is 15.2. The van der Waals surface area contributed by atoms with Crippen LogP contribution in [0.2, 0.25) is 0 Å². The van der Waals surface area contributed by atoms with Crippen molar-refractivity contribution in [1.29, 1.82) is 0 Å². The molecule has 0 aliphatic heterocycles. The van der Waals surface area contributed by atoms with Crippen molar-refractivity contribution in [2.24, 2.45) is 0 Å². The Labute approximate surface area is 281 Å². The number of rotatable bonds is 11. The highest BCUT2D eigenvalue weighted by molar-refractivity contribution is 5.91. The van der Waals surface area contributed by atoms with Crippen LogP contribution in [0.25, 0.3) is 34.0 Å². The summed E-state index contributed by atoms with van der Waals surface area (Å²) in [6.07, 6.45) is 1.48. The molecular weight excluding hydrogens is 633 g/mol. The summed E-state index contributed by atoms with van der Waals surface area (Å²) in [5.41, 5.74) is 2.80. The lowest BCUT2D eigenvalue weighted by atomic mass is 10.0. The third kappa shape index (κ3) is 9.25. The van der Waals surface area contributed by atoms with Crippen LogP contribution < -0.4 is 15.4 Å². The molecule has 1 unspecified atom stereocenters. The third-order valence-electron chi connectivity index (χ3n) is 7.14. The summed E-state index contributed by atoms with van der Waals surface area (Å²) in [7, 11) is 1.58. The number of nitrogens with one attached hydrogen (secondary N) is 2. The second-order valence-corrected chi connectivity index (χ2v) is 12.1. The molecule has 1 atom stereocenters. The van der Waals surface area contributed by atoms with Gasteiger partial charge in [-0.15, -0.1) is 0 Å². The number of ether oxygens (including phenoxy) is 2. The number of urea groups is 1. The molecule has 5 aromatic rings. The van der Waals surface area contributed by atoms with Gasteiger partial charge in [-0.05, 0) is 86.0 Å². The molecule has 2 aromatic heterocycles. The maximum Gasteiger partial charge on any atom is 0.326 e. The number of methoxy groups -OCH3 is 1. The minimum Gasteiger partial charge on any atom is -0.497 e. The Morgan fingerprint density at radius 1 is 0.918 bits per heavy atom. The van der Waals surface area contributed by atoms with E-state index in [0.29, 0.717) is 11.1 Å². The molecule has 5 rings (SSSR count). The number of halogens is 1. The van der Waals surface area contributed by atoms with Crippen LogP contribution in [0.4, 0.5) is 15.0 Å². The molecule has 49 heavy (non-hydrogen) atoms. The Kier molecular flexibility index (Phi) is 10.3. The van der Waals surface area contributed by atoms with E-state index in [1.807, 2.05) is 24.3 Å². The minimum absolute atomic E-state index is 0.00493. The zero-order valence-corrected chi connectivity index (χ0v) is 27.2. The summed E-state index contributed by atoms with van der Waals surface area (Å²) in [6.45, 7) is 5.40. The topological polar surface area (TPSA) is 166 Å². The molecule has 0 radical (unpaired) electrons. The van der Waals surface area contributed by atoms with Crippen molar-refractivity contribution < 1.29 is 37.9 Å². The van der Waals surface area contributed by atoms with Crippen molar-refractivity contribution in [1.82, 2.24) is 20.4 Å². The number of amides is 2. The van der Waals surface area contributed by atoms with Gasteiger partial charge < -0.3 is 24.4 Å². The average Bonchev–Trinajstić information content (AvgIpc) is 3.54. The second kappa shape index (κ2) is 14.8. The van der Waals surface area contributed by atoms with Gasteiger partial charge in [0.05, 0.1) is 19.1 Å². The molecule has 0 spiro atoms. The van der Waals surface area contributed by atoms with Crippen molar-refractivity contribution in [3.8, 4) is 39.7 Å². The number of carbonyl (C=O) groups is 3. The van der Waals surface area contributed by atoms with Crippen LogP contribution in [0, 0.1) is 5.82 Å². The lowest BCUT2D eigenvalue weighted by Crippen LogP contribution is -2.44. The highest BCUT2D eigenvalue weighted by Gasteiger charge is 2.23. The molecule has 0 saturated carbocycles. The van der Waals surface area contributed by atoms with Gasteiger partial charge in [0.1, 0.15) is 29.0 Å². The molecule has 12 nitrogen and oxygen atoms in total. The van der Waals surface area contributed by atoms with Crippen LogP contribution in [0.5, 0.6) is 5.75 Å². The van der Waals surface area contributed by atoms with Gasteiger partial charge in [-0.1, -0.05) is 35.5 Å². The number of hydrogen-bond donors (Lipinski definition) is 3.